The van der Waals surface area contributed by atoms with Gasteiger partial charge in [-0.15, -0.1) is 0 Å². The van der Waals surface area contributed by atoms with Crippen molar-refractivity contribution in [2.45, 2.75) is 33.2 Å². The highest BCUT2D eigenvalue weighted by molar-refractivity contribution is 6.30. The number of carbonyl (C=O) groups excluding carboxylic acids is 1. The van der Waals surface area contributed by atoms with Crippen molar-refractivity contribution >= 4 is 28.3 Å². The lowest BCUT2D eigenvalue weighted by molar-refractivity contribution is 0.101. The van der Waals surface area contributed by atoms with Crippen molar-refractivity contribution in [3.63, 3.8) is 0 Å². The molecule has 2 aromatic carbocycles. The Bertz CT molecular complexity index is 1070. The minimum absolute atomic E-state index is 0.142. The van der Waals surface area contributed by atoms with Crippen LogP contribution in [0.2, 0.25) is 5.02 Å². The summed E-state index contributed by atoms with van der Waals surface area (Å²) >= 11 is 5.92. The van der Waals surface area contributed by atoms with Gasteiger partial charge in [0.1, 0.15) is 12.4 Å². The number of piperazine rings is 1. The topological polar surface area (TPSA) is 37.7 Å². The number of nitrogens with zero attached hydrogens (tertiary/aromatic N) is 3. The Morgan fingerprint density at radius 1 is 0.970 bits per heavy atom. The van der Waals surface area contributed by atoms with E-state index in [1.54, 1.807) is 6.92 Å². The maximum atomic E-state index is 12.2. The lowest BCUT2D eigenvalue weighted by Crippen LogP contribution is -2.47. The number of aryl methyl sites for hydroxylation is 2. The highest BCUT2D eigenvalue weighted by Crippen LogP contribution is 2.26. The summed E-state index contributed by atoms with van der Waals surface area (Å²) in [5, 5.41) is 1.82. The molecule has 0 aliphatic carbocycles. The molecule has 2 heterocycles. The van der Waals surface area contributed by atoms with Crippen LogP contribution in [0.3, 0.4) is 0 Å². The van der Waals surface area contributed by atoms with Gasteiger partial charge >= 0.3 is 0 Å². The number of carbonyl (C=O) groups is 1. The summed E-state index contributed by atoms with van der Waals surface area (Å²) in [6.45, 7) is 11.8. The van der Waals surface area contributed by atoms with E-state index in [1.807, 2.05) is 24.3 Å². The zero-order chi connectivity index (χ0) is 23.2. The van der Waals surface area contributed by atoms with Crippen LogP contribution in [0.5, 0.6) is 5.75 Å². The Balaban J connectivity index is 1.23. The standard InChI is InChI=1S/C27H34ClN3O2/c1-3-22-6-4-7-25-26(21(2)32)20-31(27(22)25)13-5-12-29-14-16-30(17-15-29)18-19-33-24-10-8-23(28)9-11-24/h4,6-11,20H,3,5,12-19H2,1-2H3. The van der Waals surface area contributed by atoms with E-state index in [-0.39, 0.29) is 5.78 Å². The summed E-state index contributed by atoms with van der Waals surface area (Å²) in [5.74, 6) is 1.01. The van der Waals surface area contributed by atoms with Gasteiger partial charge in [0.05, 0.1) is 5.52 Å². The van der Waals surface area contributed by atoms with E-state index in [4.69, 9.17) is 16.3 Å². The summed E-state index contributed by atoms with van der Waals surface area (Å²) in [6, 6.07) is 13.9. The zero-order valence-corrected chi connectivity index (χ0v) is 20.5. The molecule has 1 saturated heterocycles. The molecule has 0 N–H and O–H groups in total. The quantitative estimate of drug-likeness (QED) is 0.386. The van der Waals surface area contributed by atoms with Crippen LogP contribution in [0.25, 0.3) is 10.9 Å². The number of ketones is 1. The highest BCUT2D eigenvalue weighted by Gasteiger charge is 2.18. The molecule has 1 aliphatic heterocycles. The number of para-hydroxylation sites is 1. The fourth-order valence-electron chi connectivity index (χ4n) is 4.70. The molecule has 1 aromatic heterocycles. The van der Waals surface area contributed by atoms with Crippen LogP contribution in [-0.4, -0.2) is 66.0 Å². The second-order valence-electron chi connectivity index (χ2n) is 8.80. The first-order valence-electron chi connectivity index (χ1n) is 12.0. The molecule has 0 bridgehead atoms. The fraction of sp³-hybridized carbons (Fsp3) is 0.444. The van der Waals surface area contributed by atoms with E-state index in [0.717, 1.165) is 80.4 Å². The molecule has 6 heteroatoms. The van der Waals surface area contributed by atoms with Crippen LogP contribution in [0, 0.1) is 0 Å². The molecule has 176 valence electrons. The highest BCUT2D eigenvalue weighted by atomic mass is 35.5. The van der Waals surface area contributed by atoms with Gasteiger partial charge in [-0.25, -0.2) is 0 Å². The number of hydrogen-bond acceptors (Lipinski definition) is 4. The van der Waals surface area contributed by atoms with Crippen LogP contribution in [0.1, 0.15) is 36.2 Å². The number of ether oxygens (including phenoxy) is 1. The molecule has 0 spiro atoms. The van der Waals surface area contributed by atoms with Crippen LogP contribution >= 0.6 is 11.6 Å². The van der Waals surface area contributed by atoms with E-state index in [1.165, 1.54) is 11.1 Å². The largest absolute Gasteiger partial charge is 0.492 e. The number of aromatic nitrogens is 1. The molecule has 3 aromatic rings. The number of fused-ring (bicyclic) bond motifs is 1. The van der Waals surface area contributed by atoms with E-state index < -0.39 is 0 Å². The summed E-state index contributed by atoms with van der Waals surface area (Å²) in [5.41, 5.74) is 3.39. The summed E-state index contributed by atoms with van der Waals surface area (Å²) in [4.78, 5) is 17.2. The molecule has 0 amide bonds. The van der Waals surface area contributed by atoms with Crippen molar-refractivity contribution < 1.29 is 9.53 Å². The molecular formula is C27H34ClN3O2. The molecule has 4 rings (SSSR count). The van der Waals surface area contributed by atoms with Gasteiger partial charge in [-0.05, 0) is 56.1 Å². The molecule has 1 aliphatic rings. The third-order valence-corrected chi connectivity index (χ3v) is 6.82. The number of rotatable bonds is 10. The number of benzene rings is 2. The van der Waals surface area contributed by atoms with Gasteiger partial charge in [0.15, 0.2) is 5.78 Å². The molecular weight excluding hydrogens is 434 g/mol. The molecule has 0 atom stereocenters. The minimum Gasteiger partial charge on any atom is -0.492 e. The van der Waals surface area contributed by atoms with E-state index >= 15 is 0 Å². The molecule has 5 nitrogen and oxygen atoms in total. The van der Waals surface area contributed by atoms with Crippen molar-refractivity contribution in [3.05, 3.63) is 64.8 Å². The average molecular weight is 468 g/mol. The third-order valence-electron chi connectivity index (χ3n) is 6.57. The first kappa shape index (κ1) is 23.8. The second-order valence-corrected chi connectivity index (χ2v) is 9.23. The Kier molecular flexibility index (Phi) is 8.07. The first-order valence-corrected chi connectivity index (χ1v) is 12.4. The predicted octanol–water partition coefficient (Wildman–Crippen LogP) is 5.15. The van der Waals surface area contributed by atoms with Crippen molar-refractivity contribution in [1.29, 1.82) is 0 Å². The van der Waals surface area contributed by atoms with Crippen LogP contribution in [-0.2, 0) is 13.0 Å². The second kappa shape index (κ2) is 11.2. The van der Waals surface area contributed by atoms with Gasteiger partial charge in [-0.3, -0.25) is 9.69 Å². The van der Waals surface area contributed by atoms with Gasteiger partial charge in [-0.2, -0.15) is 0 Å². The summed E-state index contributed by atoms with van der Waals surface area (Å²) in [6.07, 6.45) is 4.12. The predicted molar refractivity (Wildman–Crippen MR) is 136 cm³/mol. The normalized spacial score (nSPS) is 15.2. The third kappa shape index (κ3) is 5.97. The van der Waals surface area contributed by atoms with Gasteiger partial charge < -0.3 is 14.2 Å². The molecule has 0 unspecified atom stereocenters. The monoisotopic (exact) mass is 467 g/mol. The lowest BCUT2D eigenvalue weighted by Gasteiger charge is -2.34. The van der Waals surface area contributed by atoms with E-state index in [0.29, 0.717) is 6.61 Å². The Hall–Kier alpha value is -2.34. The zero-order valence-electron chi connectivity index (χ0n) is 19.7. The van der Waals surface area contributed by atoms with E-state index in [2.05, 4.69) is 45.7 Å². The van der Waals surface area contributed by atoms with Crippen molar-refractivity contribution in [1.82, 2.24) is 14.4 Å². The molecule has 0 saturated carbocycles. The Morgan fingerprint density at radius 3 is 2.33 bits per heavy atom. The number of hydrogen-bond donors (Lipinski definition) is 0. The molecule has 1 fully saturated rings. The van der Waals surface area contributed by atoms with Gasteiger partial charge in [-0.1, -0.05) is 36.7 Å². The minimum atomic E-state index is 0.142. The summed E-state index contributed by atoms with van der Waals surface area (Å²) < 4.78 is 8.14. The fourth-order valence-corrected chi connectivity index (χ4v) is 4.83. The Morgan fingerprint density at radius 2 is 1.67 bits per heavy atom. The molecule has 0 radical (unpaired) electrons. The lowest BCUT2D eigenvalue weighted by atomic mass is 10.1. The SMILES string of the molecule is CCc1cccc2c(C(C)=O)cn(CCCN3CCN(CCOc4ccc(Cl)cc4)CC3)c12. The molecule has 33 heavy (non-hydrogen) atoms. The van der Waals surface area contributed by atoms with Crippen LogP contribution in [0.4, 0.5) is 0 Å². The van der Waals surface area contributed by atoms with Gasteiger partial charge in [0.25, 0.3) is 0 Å². The maximum Gasteiger partial charge on any atom is 0.161 e. The van der Waals surface area contributed by atoms with Gasteiger partial charge in [0, 0.05) is 61.4 Å². The van der Waals surface area contributed by atoms with Crippen molar-refractivity contribution in [3.8, 4) is 5.75 Å². The van der Waals surface area contributed by atoms with Crippen molar-refractivity contribution in [2.75, 3.05) is 45.9 Å². The first-order chi connectivity index (χ1) is 16.0. The summed E-state index contributed by atoms with van der Waals surface area (Å²) in [7, 11) is 0. The Labute approximate surface area is 201 Å². The average Bonchev–Trinajstić information content (AvgIpc) is 3.21. The van der Waals surface area contributed by atoms with Gasteiger partial charge in [0.2, 0.25) is 0 Å². The van der Waals surface area contributed by atoms with Crippen LogP contribution in [0.15, 0.2) is 48.7 Å². The van der Waals surface area contributed by atoms with E-state index in [9.17, 15) is 4.79 Å². The number of halogens is 1. The van der Waals surface area contributed by atoms with Crippen LogP contribution < -0.4 is 4.74 Å². The smallest absolute Gasteiger partial charge is 0.161 e. The van der Waals surface area contributed by atoms with Crippen molar-refractivity contribution in [2.24, 2.45) is 0 Å². The number of Topliss-reactive ketones (excluding diaryl/α,β-unsaturated/α-hetero) is 1. The maximum absolute atomic E-state index is 12.2.